The zero-order valence-electron chi connectivity index (χ0n) is 31.0. The summed E-state index contributed by atoms with van der Waals surface area (Å²) in [7, 11) is 0. The zero-order valence-corrected chi connectivity index (χ0v) is 31.0. The molecule has 264 valence electrons. The number of rotatable bonds is 7. The predicted molar refractivity (Wildman–Crippen MR) is 236 cm³/mol. The lowest BCUT2D eigenvalue weighted by Crippen LogP contribution is -2.13. The van der Waals surface area contributed by atoms with Crippen LogP contribution in [0.25, 0.3) is 65.7 Å². The SMILES string of the molecule is c1ccc(-c2ccccc2N(c2cccc(-c3cccc4c3ccc3ccccc34)c2)c2ccccc2-c2cccc3cccc(C4CCCCC4)c23)cc1. The van der Waals surface area contributed by atoms with Crippen molar-refractivity contribution in [1.29, 1.82) is 0 Å². The first-order valence-electron chi connectivity index (χ1n) is 19.9. The molecule has 1 heteroatoms. The highest BCUT2D eigenvalue weighted by Gasteiger charge is 2.24. The molecule has 1 saturated carbocycles. The third-order valence-corrected chi connectivity index (χ3v) is 11.8. The van der Waals surface area contributed by atoms with Gasteiger partial charge in [0.15, 0.2) is 0 Å². The van der Waals surface area contributed by atoms with E-state index in [2.05, 4.69) is 199 Å². The molecule has 0 amide bonds. The van der Waals surface area contributed by atoms with Crippen molar-refractivity contribution in [3.63, 3.8) is 0 Å². The Morgan fingerprint density at radius 2 is 0.964 bits per heavy atom. The maximum atomic E-state index is 2.50. The molecule has 9 aromatic rings. The molecule has 0 radical (unpaired) electrons. The summed E-state index contributed by atoms with van der Waals surface area (Å²) in [4.78, 5) is 2.50. The molecule has 1 nitrogen and oxygen atoms in total. The normalized spacial score (nSPS) is 13.4. The van der Waals surface area contributed by atoms with Crippen molar-refractivity contribution in [1.82, 2.24) is 0 Å². The molecule has 0 bridgehead atoms. The van der Waals surface area contributed by atoms with Crippen molar-refractivity contribution in [3.05, 3.63) is 200 Å². The number of benzene rings is 9. The minimum Gasteiger partial charge on any atom is -0.309 e. The van der Waals surface area contributed by atoms with E-state index in [0.29, 0.717) is 5.92 Å². The predicted octanol–water partition coefficient (Wildman–Crippen LogP) is 15.7. The van der Waals surface area contributed by atoms with Gasteiger partial charge in [0.1, 0.15) is 0 Å². The fraction of sp³-hybridized carbons (Fsp3) is 0.111. The lowest BCUT2D eigenvalue weighted by molar-refractivity contribution is 0.445. The number of para-hydroxylation sites is 2. The van der Waals surface area contributed by atoms with Crippen LogP contribution in [0.15, 0.2) is 194 Å². The van der Waals surface area contributed by atoms with Crippen LogP contribution in [0.2, 0.25) is 0 Å². The van der Waals surface area contributed by atoms with E-state index in [1.807, 2.05) is 0 Å². The van der Waals surface area contributed by atoms with Crippen LogP contribution >= 0.6 is 0 Å². The van der Waals surface area contributed by atoms with Crippen LogP contribution in [-0.4, -0.2) is 0 Å². The third kappa shape index (κ3) is 6.07. The van der Waals surface area contributed by atoms with Crippen LogP contribution in [0.4, 0.5) is 17.1 Å². The lowest BCUT2D eigenvalue weighted by atomic mass is 9.80. The number of anilines is 3. The van der Waals surface area contributed by atoms with E-state index in [-0.39, 0.29) is 0 Å². The van der Waals surface area contributed by atoms with Crippen LogP contribution in [0, 0.1) is 0 Å². The second-order valence-electron chi connectivity index (χ2n) is 15.1. The van der Waals surface area contributed by atoms with Crippen LogP contribution in [0.5, 0.6) is 0 Å². The number of hydrogen-bond acceptors (Lipinski definition) is 1. The van der Waals surface area contributed by atoms with E-state index >= 15 is 0 Å². The monoisotopic (exact) mass is 705 g/mol. The Labute approximate surface area is 324 Å². The van der Waals surface area contributed by atoms with Gasteiger partial charge in [-0.2, -0.15) is 0 Å². The van der Waals surface area contributed by atoms with Gasteiger partial charge in [0.2, 0.25) is 0 Å². The van der Waals surface area contributed by atoms with Crippen molar-refractivity contribution in [2.75, 3.05) is 4.90 Å². The van der Waals surface area contributed by atoms with Gasteiger partial charge in [0.05, 0.1) is 11.4 Å². The van der Waals surface area contributed by atoms with E-state index < -0.39 is 0 Å². The maximum Gasteiger partial charge on any atom is 0.0540 e. The Hall–Kier alpha value is -6.44. The van der Waals surface area contributed by atoms with Crippen LogP contribution < -0.4 is 4.90 Å². The first kappa shape index (κ1) is 33.2. The second kappa shape index (κ2) is 14.4. The summed E-state index contributed by atoms with van der Waals surface area (Å²) in [6.07, 6.45) is 6.51. The van der Waals surface area contributed by atoms with Crippen molar-refractivity contribution in [3.8, 4) is 33.4 Å². The van der Waals surface area contributed by atoms with Crippen LogP contribution in [0.3, 0.4) is 0 Å². The van der Waals surface area contributed by atoms with Gasteiger partial charge >= 0.3 is 0 Å². The fourth-order valence-electron chi connectivity index (χ4n) is 9.29. The van der Waals surface area contributed by atoms with Gasteiger partial charge < -0.3 is 4.90 Å². The molecule has 0 N–H and O–H groups in total. The highest BCUT2D eigenvalue weighted by Crippen LogP contribution is 2.48. The van der Waals surface area contributed by atoms with Gasteiger partial charge in [-0.05, 0) is 103 Å². The Morgan fingerprint density at radius 1 is 0.364 bits per heavy atom. The molecule has 0 saturated heterocycles. The average Bonchev–Trinajstić information content (AvgIpc) is 3.27. The highest BCUT2D eigenvalue weighted by molar-refractivity contribution is 6.12. The Kier molecular flexibility index (Phi) is 8.69. The summed E-state index contributed by atoms with van der Waals surface area (Å²) in [5.74, 6) is 0.593. The fourth-order valence-corrected chi connectivity index (χ4v) is 9.29. The minimum atomic E-state index is 0.593. The molecule has 0 spiro atoms. The average molecular weight is 706 g/mol. The van der Waals surface area contributed by atoms with E-state index in [9.17, 15) is 0 Å². The first-order chi connectivity index (χ1) is 27.3. The van der Waals surface area contributed by atoms with Crippen molar-refractivity contribution >= 4 is 49.4 Å². The van der Waals surface area contributed by atoms with Gasteiger partial charge in [0.25, 0.3) is 0 Å². The first-order valence-corrected chi connectivity index (χ1v) is 19.9. The number of nitrogens with zero attached hydrogens (tertiary/aromatic N) is 1. The summed E-state index contributed by atoms with van der Waals surface area (Å²) >= 11 is 0. The molecular formula is C54H43N. The second-order valence-corrected chi connectivity index (χ2v) is 15.1. The molecule has 0 heterocycles. The Balaban J connectivity index is 1.21. The third-order valence-electron chi connectivity index (χ3n) is 11.8. The molecule has 9 aromatic carbocycles. The van der Waals surface area contributed by atoms with Gasteiger partial charge in [-0.3, -0.25) is 0 Å². The van der Waals surface area contributed by atoms with Gasteiger partial charge in [-0.25, -0.2) is 0 Å². The molecule has 0 aromatic heterocycles. The topological polar surface area (TPSA) is 3.24 Å². The molecule has 1 aliphatic rings. The Morgan fingerprint density at radius 3 is 1.82 bits per heavy atom. The number of fused-ring (bicyclic) bond motifs is 4. The Bertz CT molecular complexity index is 2800. The lowest BCUT2D eigenvalue weighted by Gasteiger charge is -2.31. The van der Waals surface area contributed by atoms with E-state index in [0.717, 1.165) is 17.1 Å². The molecule has 0 atom stereocenters. The molecule has 1 aliphatic carbocycles. The molecule has 0 aliphatic heterocycles. The number of hydrogen-bond donors (Lipinski definition) is 0. The van der Waals surface area contributed by atoms with E-state index in [1.165, 1.54) is 103 Å². The van der Waals surface area contributed by atoms with Gasteiger partial charge in [-0.1, -0.05) is 189 Å². The summed E-state index contributed by atoms with van der Waals surface area (Å²) in [5.41, 5.74) is 12.3. The van der Waals surface area contributed by atoms with Gasteiger partial charge in [-0.15, -0.1) is 0 Å². The largest absolute Gasteiger partial charge is 0.309 e. The van der Waals surface area contributed by atoms with Gasteiger partial charge in [0, 0.05) is 16.8 Å². The zero-order chi connectivity index (χ0) is 36.6. The molecular weight excluding hydrogens is 663 g/mol. The van der Waals surface area contributed by atoms with Crippen molar-refractivity contribution in [2.24, 2.45) is 0 Å². The quantitative estimate of drug-likeness (QED) is 0.149. The summed E-state index contributed by atoms with van der Waals surface area (Å²) in [5, 5.41) is 7.81. The van der Waals surface area contributed by atoms with Crippen molar-refractivity contribution < 1.29 is 0 Å². The molecule has 55 heavy (non-hydrogen) atoms. The standard InChI is InChI=1S/C54H43N/c1-3-17-38(18-4-1)46-27-9-11-33-52(46)55(43-25-13-24-42(37-43)45-29-16-31-48-44-26-8-7-21-40(44)35-36-49(45)48)53-34-12-10-28-50(53)51-32-15-23-41-22-14-30-47(54(41)51)39-19-5-2-6-20-39/h1,3-4,7-18,21-37,39H,2,5-6,19-20H2. The summed E-state index contributed by atoms with van der Waals surface area (Å²) in [6.45, 7) is 0. The van der Waals surface area contributed by atoms with Crippen LogP contribution in [-0.2, 0) is 0 Å². The summed E-state index contributed by atoms with van der Waals surface area (Å²) < 4.78 is 0. The molecule has 0 unspecified atom stereocenters. The minimum absolute atomic E-state index is 0.593. The van der Waals surface area contributed by atoms with Crippen LogP contribution in [0.1, 0.15) is 43.6 Å². The molecule has 1 fully saturated rings. The highest BCUT2D eigenvalue weighted by atomic mass is 15.1. The summed E-state index contributed by atoms with van der Waals surface area (Å²) in [6, 6.07) is 71.8. The smallest absolute Gasteiger partial charge is 0.0540 e. The van der Waals surface area contributed by atoms with E-state index in [1.54, 1.807) is 0 Å². The van der Waals surface area contributed by atoms with Crippen molar-refractivity contribution in [2.45, 2.75) is 38.0 Å². The van der Waals surface area contributed by atoms with E-state index in [4.69, 9.17) is 0 Å². The maximum absolute atomic E-state index is 2.50. The molecule has 10 rings (SSSR count).